The molecule has 12 rings (SSSR count). The molecule has 0 spiro atoms. The van der Waals surface area contributed by atoms with Crippen molar-refractivity contribution >= 4 is 86.0 Å². The zero-order valence-electron chi connectivity index (χ0n) is 29.3. The summed E-state index contributed by atoms with van der Waals surface area (Å²) in [6, 6.07) is 59.6. The first-order chi connectivity index (χ1) is 27.2. The summed E-state index contributed by atoms with van der Waals surface area (Å²) in [6.07, 6.45) is 0. The van der Waals surface area contributed by atoms with E-state index in [9.17, 15) is 0 Å². The Bertz CT molecular complexity index is 3490. The number of thiophene rings is 1. The van der Waals surface area contributed by atoms with E-state index in [0.29, 0.717) is 17.6 Å². The van der Waals surface area contributed by atoms with E-state index in [1.165, 1.54) is 10.1 Å². The molecule has 0 saturated heterocycles. The number of fused-ring (bicyclic) bond motifs is 11. The van der Waals surface area contributed by atoms with Gasteiger partial charge in [0, 0.05) is 48.1 Å². The topological polar surface area (TPSA) is 56.7 Å². The molecule has 0 bridgehead atoms. The maximum absolute atomic E-state index is 6.63. The average molecular weight is 721 g/mol. The first kappa shape index (κ1) is 30.3. The van der Waals surface area contributed by atoms with Crippen molar-refractivity contribution in [1.82, 2.24) is 19.5 Å². The van der Waals surface area contributed by atoms with Crippen LogP contribution in [-0.4, -0.2) is 19.5 Å². The molecule has 0 fully saturated rings. The van der Waals surface area contributed by atoms with Crippen molar-refractivity contribution in [1.29, 1.82) is 0 Å². The fourth-order valence-electron chi connectivity index (χ4n) is 8.26. The van der Waals surface area contributed by atoms with Crippen LogP contribution in [0.25, 0.3) is 115 Å². The van der Waals surface area contributed by atoms with Crippen LogP contribution in [0.1, 0.15) is 0 Å². The van der Waals surface area contributed by atoms with Crippen LogP contribution < -0.4 is 0 Å². The molecule has 256 valence electrons. The highest BCUT2D eigenvalue weighted by molar-refractivity contribution is 7.26. The third-order valence-corrected chi connectivity index (χ3v) is 12.0. The molecule has 4 aromatic heterocycles. The predicted octanol–water partition coefficient (Wildman–Crippen LogP) is 13.4. The summed E-state index contributed by atoms with van der Waals surface area (Å²) < 4.78 is 11.1. The minimum atomic E-state index is 0.569. The quantitative estimate of drug-likeness (QED) is 0.182. The number of benzene rings is 8. The van der Waals surface area contributed by atoms with Gasteiger partial charge in [0.15, 0.2) is 11.6 Å². The van der Waals surface area contributed by atoms with Gasteiger partial charge in [-0.05, 0) is 58.3 Å². The summed E-state index contributed by atoms with van der Waals surface area (Å²) in [5, 5.41) is 9.02. The van der Waals surface area contributed by atoms with Crippen LogP contribution in [0.5, 0.6) is 0 Å². The molecule has 0 saturated carbocycles. The lowest BCUT2D eigenvalue weighted by atomic mass is 10.0. The van der Waals surface area contributed by atoms with Gasteiger partial charge < -0.3 is 4.42 Å². The third kappa shape index (κ3) is 4.62. The van der Waals surface area contributed by atoms with Gasteiger partial charge in [-0.15, -0.1) is 11.3 Å². The first-order valence-corrected chi connectivity index (χ1v) is 19.2. The Balaban J connectivity index is 1.18. The molecule has 0 amide bonds. The van der Waals surface area contributed by atoms with Crippen molar-refractivity contribution in [3.8, 4) is 39.9 Å². The zero-order chi connectivity index (χ0) is 36.0. The van der Waals surface area contributed by atoms with Crippen LogP contribution >= 0.6 is 11.3 Å². The Morgan fingerprint density at radius 3 is 1.96 bits per heavy atom. The van der Waals surface area contributed by atoms with Crippen LogP contribution in [-0.2, 0) is 0 Å². The van der Waals surface area contributed by atoms with Crippen LogP contribution in [0, 0.1) is 0 Å². The smallest absolute Gasteiger partial charge is 0.238 e. The number of furan rings is 1. The SMILES string of the molecule is c1ccc(-c2ccc(-c3nc(-c4cc5c6ccccc6oc5c5c4sc4ccccc45)nc(-n4c5ccccc5c5cc6ccccc6cc54)n3)cc2)cc1. The average Bonchev–Trinajstić information content (AvgIpc) is 3.92. The molecule has 4 heterocycles. The van der Waals surface area contributed by atoms with Gasteiger partial charge in [0.25, 0.3) is 0 Å². The van der Waals surface area contributed by atoms with Gasteiger partial charge in [0.05, 0.1) is 15.7 Å². The van der Waals surface area contributed by atoms with Crippen LogP contribution in [0.4, 0.5) is 0 Å². The zero-order valence-corrected chi connectivity index (χ0v) is 30.1. The molecule has 12 aromatic rings. The van der Waals surface area contributed by atoms with Crippen molar-refractivity contribution in [3.05, 3.63) is 170 Å². The van der Waals surface area contributed by atoms with Gasteiger partial charge >= 0.3 is 0 Å². The van der Waals surface area contributed by atoms with E-state index in [2.05, 4.69) is 156 Å². The highest BCUT2D eigenvalue weighted by Crippen LogP contribution is 2.46. The second kappa shape index (κ2) is 11.7. The van der Waals surface area contributed by atoms with Gasteiger partial charge in [0.2, 0.25) is 5.95 Å². The largest absolute Gasteiger partial charge is 0.455 e. The van der Waals surface area contributed by atoms with E-state index >= 15 is 0 Å². The monoisotopic (exact) mass is 720 g/mol. The highest BCUT2D eigenvalue weighted by atomic mass is 32.1. The van der Waals surface area contributed by atoms with Gasteiger partial charge in [-0.2, -0.15) is 9.97 Å². The molecule has 0 aliphatic carbocycles. The van der Waals surface area contributed by atoms with Gasteiger partial charge in [0.1, 0.15) is 11.2 Å². The standard InChI is InChI=1S/C49H28N4OS/c1-2-12-29(13-3-1)30-22-24-31(25-23-30)47-50-48(39-28-38-35-17-7-10-20-42(35)54-45(38)44-36-18-8-11-21-43(36)55-46(39)44)52-49(51-47)53-40-19-9-6-16-34(40)37-26-32-14-4-5-15-33(32)27-41(37)53/h1-28H. The van der Waals surface area contributed by atoms with Crippen LogP contribution in [0.3, 0.4) is 0 Å². The number of nitrogens with zero attached hydrogens (tertiary/aromatic N) is 4. The molecule has 0 unspecified atom stereocenters. The summed E-state index contributed by atoms with van der Waals surface area (Å²) in [4.78, 5) is 16.1. The molecular formula is C49H28N4OS. The summed E-state index contributed by atoms with van der Waals surface area (Å²) >= 11 is 1.75. The van der Waals surface area contributed by atoms with Gasteiger partial charge in [-0.1, -0.05) is 133 Å². The lowest BCUT2D eigenvalue weighted by Gasteiger charge is -2.12. The minimum Gasteiger partial charge on any atom is -0.455 e. The van der Waals surface area contributed by atoms with E-state index in [0.717, 1.165) is 86.9 Å². The fraction of sp³-hybridized carbons (Fsp3) is 0. The normalized spacial score (nSPS) is 12.0. The van der Waals surface area contributed by atoms with E-state index in [-0.39, 0.29) is 0 Å². The van der Waals surface area contributed by atoms with Crippen molar-refractivity contribution < 1.29 is 4.42 Å². The second-order valence-electron chi connectivity index (χ2n) is 14.0. The van der Waals surface area contributed by atoms with Crippen molar-refractivity contribution in [2.75, 3.05) is 0 Å². The van der Waals surface area contributed by atoms with Gasteiger partial charge in [-0.3, -0.25) is 4.57 Å². The maximum Gasteiger partial charge on any atom is 0.238 e. The Kier molecular flexibility index (Phi) is 6.44. The first-order valence-electron chi connectivity index (χ1n) is 18.4. The molecular weight excluding hydrogens is 693 g/mol. The van der Waals surface area contributed by atoms with Crippen molar-refractivity contribution in [2.45, 2.75) is 0 Å². The van der Waals surface area contributed by atoms with E-state index < -0.39 is 0 Å². The van der Waals surface area contributed by atoms with Crippen molar-refractivity contribution in [3.63, 3.8) is 0 Å². The second-order valence-corrected chi connectivity index (χ2v) is 15.0. The predicted molar refractivity (Wildman–Crippen MR) is 228 cm³/mol. The third-order valence-electron chi connectivity index (χ3n) is 10.8. The molecule has 0 N–H and O–H groups in total. The van der Waals surface area contributed by atoms with Crippen molar-refractivity contribution in [2.24, 2.45) is 0 Å². The van der Waals surface area contributed by atoms with E-state index in [1.54, 1.807) is 11.3 Å². The molecule has 6 heteroatoms. The van der Waals surface area contributed by atoms with E-state index in [1.807, 2.05) is 18.2 Å². The summed E-state index contributed by atoms with van der Waals surface area (Å²) in [5.41, 5.74) is 8.00. The fourth-order valence-corrected chi connectivity index (χ4v) is 9.47. The number of para-hydroxylation sites is 2. The Labute approximate surface area is 318 Å². The molecule has 55 heavy (non-hydrogen) atoms. The van der Waals surface area contributed by atoms with Crippen LogP contribution in [0.15, 0.2) is 174 Å². The minimum absolute atomic E-state index is 0.569. The summed E-state index contributed by atoms with van der Waals surface area (Å²) in [5.74, 6) is 1.79. The Hall–Kier alpha value is -7.15. The lowest BCUT2D eigenvalue weighted by Crippen LogP contribution is -2.06. The molecule has 5 nitrogen and oxygen atoms in total. The lowest BCUT2D eigenvalue weighted by molar-refractivity contribution is 0.673. The highest BCUT2D eigenvalue weighted by Gasteiger charge is 2.23. The molecule has 0 radical (unpaired) electrons. The van der Waals surface area contributed by atoms with Crippen LogP contribution in [0.2, 0.25) is 0 Å². The number of hydrogen-bond acceptors (Lipinski definition) is 5. The molecule has 8 aromatic carbocycles. The van der Waals surface area contributed by atoms with E-state index in [4.69, 9.17) is 19.4 Å². The summed E-state index contributed by atoms with van der Waals surface area (Å²) in [7, 11) is 0. The number of hydrogen-bond donors (Lipinski definition) is 0. The summed E-state index contributed by atoms with van der Waals surface area (Å²) in [6.45, 7) is 0. The Morgan fingerprint density at radius 1 is 0.455 bits per heavy atom. The maximum atomic E-state index is 6.63. The number of rotatable bonds is 4. The Morgan fingerprint density at radius 2 is 1.11 bits per heavy atom. The molecule has 0 aliphatic heterocycles. The number of aromatic nitrogens is 4. The molecule has 0 atom stereocenters. The molecule has 0 aliphatic rings. The van der Waals surface area contributed by atoms with Gasteiger partial charge in [-0.25, -0.2) is 4.98 Å².